The zero-order chi connectivity index (χ0) is 10.1. The van der Waals surface area contributed by atoms with Crippen molar-refractivity contribution in [1.29, 1.82) is 0 Å². The molecular weight excluding hydrogens is 182 g/mol. The molecule has 0 atom stereocenters. The SMILES string of the molecule is C=COn1c(O)c2c(c1O)CCC=C2. The number of hydrogen-bond donors (Lipinski definition) is 2. The molecule has 2 rings (SSSR count). The molecule has 1 aromatic heterocycles. The van der Waals surface area contributed by atoms with E-state index >= 15 is 0 Å². The van der Waals surface area contributed by atoms with Crippen molar-refractivity contribution in [3.8, 4) is 11.8 Å². The van der Waals surface area contributed by atoms with Crippen LogP contribution in [0.1, 0.15) is 17.5 Å². The molecule has 1 heterocycles. The minimum absolute atomic E-state index is 0.0539. The molecule has 0 unspecified atom stereocenters. The summed E-state index contributed by atoms with van der Waals surface area (Å²) < 4.78 is 0.966. The van der Waals surface area contributed by atoms with Crippen molar-refractivity contribution in [3.05, 3.63) is 30.0 Å². The van der Waals surface area contributed by atoms with Gasteiger partial charge in [-0.2, -0.15) is 0 Å². The second-order valence-electron chi connectivity index (χ2n) is 3.05. The first kappa shape index (κ1) is 8.74. The molecule has 1 aromatic rings. The van der Waals surface area contributed by atoms with Gasteiger partial charge in [-0.25, -0.2) is 0 Å². The molecule has 1 aliphatic carbocycles. The molecule has 14 heavy (non-hydrogen) atoms. The molecule has 0 saturated carbocycles. The van der Waals surface area contributed by atoms with Gasteiger partial charge >= 0.3 is 0 Å². The highest BCUT2D eigenvalue weighted by molar-refractivity contribution is 5.65. The zero-order valence-corrected chi connectivity index (χ0v) is 7.60. The van der Waals surface area contributed by atoms with E-state index in [1.54, 1.807) is 6.08 Å². The highest BCUT2D eigenvalue weighted by Gasteiger charge is 2.22. The van der Waals surface area contributed by atoms with Crippen molar-refractivity contribution >= 4 is 6.08 Å². The van der Waals surface area contributed by atoms with Crippen molar-refractivity contribution in [1.82, 2.24) is 4.73 Å². The van der Waals surface area contributed by atoms with E-state index in [1.807, 2.05) is 6.08 Å². The molecule has 2 N–H and O–H groups in total. The molecule has 0 aromatic carbocycles. The van der Waals surface area contributed by atoms with Crippen molar-refractivity contribution in [2.75, 3.05) is 0 Å². The maximum atomic E-state index is 9.68. The average molecular weight is 193 g/mol. The molecular formula is C10H11NO3. The molecule has 4 heteroatoms. The first-order valence-corrected chi connectivity index (χ1v) is 4.35. The van der Waals surface area contributed by atoms with E-state index in [9.17, 15) is 10.2 Å². The Labute approximate surface area is 81.3 Å². The fraction of sp³-hybridized carbons (Fsp3) is 0.200. The number of allylic oxidation sites excluding steroid dienone is 1. The summed E-state index contributed by atoms with van der Waals surface area (Å²) in [5.41, 5.74) is 1.34. The van der Waals surface area contributed by atoms with E-state index < -0.39 is 0 Å². The van der Waals surface area contributed by atoms with Gasteiger partial charge in [-0.05, 0) is 12.8 Å². The second-order valence-corrected chi connectivity index (χ2v) is 3.05. The highest BCUT2D eigenvalue weighted by Crippen LogP contribution is 2.36. The molecule has 0 bridgehead atoms. The maximum Gasteiger partial charge on any atom is 0.237 e. The fourth-order valence-electron chi connectivity index (χ4n) is 1.61. The van der Waals surface area contributed by atoms with Crippen LogP contribution in [0.3, 0.4) is 0 Å². The van der Waals surface area contributed by atoms with Gasteiger partial charge in [0.1, 0.15) is 6.26 Å². The number of fused-ring (bicyclic) bond motifs is 1. The molecule has 0 amide bonds. The topological polar surface area (TPSA) is 54.6 Å². The Morgan fingerprint density at radius 3 is 2.86 bits per heavy atom. The lowest BCUT2D eigenvalue weighted by atomic mass is 10.0. The number of aromatic hydroxyl groups is 2. The Kier molecular flexibility index (Phi) is 1.96. The van der Waals surface area contributed by atoms with Crippen LogP contribution in [0.25, 0.3) is 6.08 Å². The Balaban J connectivity index is 2.58. The van der Waals surface area contributed by atoms with Gasteiger partial charge < -0.3 is 15.1 Å². The van der Waals surface area contributed by atoms with E-state index in [4.69, 9.17) is 4.84 Å². The Morgan fingerprint density at radius 1 is 1.43 bits per heavy atom. The summed E-state index contributed by atoms with van der Waals surface area (Å²) in [5, 5.41) is 19.3. The molecule has 0 spiro atoms. The first-order valence-electron chi connectivity index (χ1n) is 4.35. The molecule has 74 valence electrons. The van der Waals surface area contributed by atoms with Gasteiger partial charge in [-0.15, -0.1) is 4.73 Å². The van der Waals surface area contributed by atoms with Crippen LogP contribution < -0.4 is 4.84 Å². The summed E-state index contributed by atoms with van der Waals surface area (Å²) in [6.45, 7) is 3.36. The highest BCUT2D eigenvalue weighted by atomic mass is 16.7. The fourth-order valence-corrected chi connectivity index (χ4v) is 1.61. The quantitative estimate of drug-likeness (QED) is 0.698. The van der Waals surface area contributed by atoms with Gasteiger partial charge in [0.05, 0.1) is 0 Å². The van der Waals surface area contributed by atoms with Crippen molar-refractivity contribution in [3.63, 3.8) is 0 Å². The maximum absolute atomic E-state index is 9.68. The zero-order valence-electron chi connectivity index (χ0n) is 7.60. The summed E-state index contributed by atoms with van der Waals surface area (Å²) >= 11 is 0. The van der Waals surface area contributed by atoms with Crippen LogP contribution in [-0.2, 0) is 6.42 Å². The van der Waals surface area contributed by atoms with Crippen LogP contribution in [0.4, 0.5) is 0 Å². The molecule has 0 aliphatic heterocycles. The second kappa shape index (κ2) is 3.14. The number of rotatable bonds is 2. The van der Waals surface area contributed by atoms with Crippen molar-refractivity contribution in [2.24, 2.45) is 0 Å². The number of nitrogens with zero attached hydrogens (tertiary/aromatic N) is 1. The number of hydrogen-bond acceptors (Lipinski definition) is 3. The lowest BCUT2D eigenvalue weighted by Gasteiger charge is -2.03. The Bertz CT molecular complexity index is 404. The van der Waals surface area contributed by atoms with Gasteiger partial charge in [0.15, 0.2) is 0 Å². The summed E-state index contributed by atoms with van der Waals surface area (Å²) in [4.78, 5) is 4.87. The van der Waals surface area contributed by atoms with Crippen LogP contribution in [0.5, 0.6) is 11.8 Å². The Hall–Kier alpha value is -1.84. The molecule has 0 fully saturated rings. The van der Waals surface area contributed by atoms with E-state index in [0.717, 1.165) is 17.4 Å². The van der Waals surface area contributed by atoms with E-state index in [-0.39, 0.29) is 11.8 Å². The Morgan fingerprint density at radius 2 is 2.21 bits per heavy atom. The van der Waals surface area contributed by atoms with Gasteiger partial charge in [-0.1, -0.05) is 18.7 Å². The van der Waals surface area contributed by atoms with Crippen LogP contribution >= 0.6 is 0 Å². The van der Waals surface area contributed by atoms with Crippen LogP contribution in [0.15, 0.2) is 18.9 Å². The third-order valence-corrected chi connectivity index (χ3v) is 2.25. The van der Waals surface area contributed by atoms with Gasteiger partial charge in [0.25, 0.3) is 0 Å². The predicted molar refractivity (Wildman–Crippen MR) is 51.9 cm³/mol. The van der Waals surface area contributed by atoms with E-state index in [1.165, 1.54) is 0 Å². The predicted octanol–water partition coefficient (Wildman–Crippen LogP) is 1.43. The van der Waals surface area contributed by atoms with E-state index in [2.05, 4.69) is 6.58 Å². The summed E-state index contributed by atoms with van der Waals surface area (Å²) in [6, 6.07) is 0. The summed E-state index contributed by atoms with van der Waals surface area (Å²) in [5.74, 6) is -0.143. The molecule has 0 radical (unpaired) electrons. The molecule has 0 saturated heterocycles. The van der Waals surface area contributed by atoms with Crippen LogP contribution in [0.2, 0.25) is 0 Å². The van der Waals surface area contributed by atoms with Crippen molar-refractivity contribution in [2.45, 2.75) is 12.8 Å². The van der Waals surface area contributed by atoms with Gasteiger partial charge in [-0.3, -0.25) is 0 Å². The van der Waals surface area contributed by atoms with Crippen LogP contribution in [0, 0.1) is 0 Å². The molecule has 1 aliphatic rings. The lowest BCUT2D eigenvalue weighted by molar-refractivity contribution is 0.154. The van der Waals surface area contributed by atoms with Gasteiger partial charge in [0, 0.05) is 11.1 Å². The largest absolute Gasteiger partial charge is 0.492 e. The van der Waals surface area contributed by atoms with Crippen molar-refractivity contribution < 1.29 is 15.1 Å². The smallest absolute Gasteiger partial charge is 0.237 e. The third kappa shape index (κ3) is 1.08. The summed E-state index contributed by atoms with van der Waals surface area (Å²) in [6.07, 6.45) is 6.43. The van der Waals surface area contributed by atoms with Gasteiger partial charge in [0.2, 0.25) is 11.8 Å². The third-order valence-electron chi connectivity index (χ3n) is 2.25. The lowest BCUT2D eigenvalue weighted by Crippen LogP contribution is -2.02. The minimum Gasteiger partial charge on any atom is -0.492 e. The summed E-state index contributed by atoms with van der Waals surface area (Å²) in [7, 11) is 0. The molecule has 4 nitrogen and oxygen atoms in total. The monoisotopic (exact) mass is 193 g/mol. The van der Waals surface area contributed by atoms with Crippen LogP contribution in [-0.4, -0.2) is 14.9 Å². The standard InChI is InChI=1S/C10H11NO3/c1-2-14-11-9(12)7-5-3-4-6-8(7)10(11)13/h2-3,5,12-13H,1,4,6H2. The van der Waals surface area contributed by atoms with E-state index in [0.29, 0.717) is 17.5 Å². The normalized spacial score (nSPS) is 13.7. The number of aromatic nitrogens is 1. The first-order chi connectivity index (χ1) is 6.75. The average Bonchev–Trinajstić information content (AvgIpc) is 2.45. The minimum atomic E-state index is -0.0895.